The number of fused-ring (bicyclic) bond motifs is 1. The predicted octanol–water partition coefficient (Wildman–Crippen LogP) is -1.81. The zero-order valence-electron chi connectivity index (χ0n) is 11.2. The van der Waals surface area contributed by atoms with E-state index in [4.69, 9.17) is 34.4 Å². The molecule has 1 fully saturated rings. The molecule has 9 nitrogen and oxygen atoms in total. The van der Waals surface area contributed by atoms with E-state index in [0.717, 1.165) is 0 Å². The second kappa shape index (κ2) is 8.38. The maximum atomic E-state index is 10.0. The first-order valence-corrected chi connectivity index (χ1v) is 12.5. The summed E-state index contributed by atoms with van der Waals surface area (Å²) >= 11 is 2.26. The number of nitrogens with two attached hydrogens (primary N) is 1. The molecule has 0 amide bonds. The van der Waals surface area contributed by atoms with Crippen molar-refractivity contribution in [3.8, 4) is 0 Å². The van der Waals surface area contributed by atoms with Crippen LogP contribution in [0, 0.1) is 0 Å². The number of hydrogen-bond donors (Lipinski definition) is 4. The van der Waals surface area contributed by atoms with Gasteiger partial charge in [-0.1, -0.05) is 0 Å². The van der Waals surface area contributed by atoms with Gasteiger partial charge in [-0.15, -0.1) is 0 Å². The fraction of sp³-hybridized carbons (Fsp3) is 0.500. The number of aliphatic hydroxyl groups is 3. The number of aliphatic hydroxyl groups excluding tert-OH is 3. The second-order valence-corrected chi connectivity index (χ2v) is 8.58. The van der Waals surface area contributed by atoms with Crippen LogP contribution in [-0.2, 0) is 21.2 Å². The summed E-state index contributed by atoms with van der Waals surface area (Å²) in [7, 11) is 9.75. The van der Waals surface area contributed by atoms with Gasteiger partial charge in [0.1, 0.15) is 0 Å². The quantitative estimate of drug-likeness (QED) is 0.292. The van der Waals surface area contributed by atoms with Crippen LogP contribution in [0.15, 0.2) is 6.33 Å². The molecule has 1 aliphatic heterocycles. The van der Waals surface area contributed by atoms with E-state index in [1.54, 1.807) is 0 Å². The Morgan fingerprint density at radius 3 is 2.57 bits per heavy atom. The summed E-state index contributed by atoms with van der Waals surface area (Å²) in [6.45, 7) is -0.398. The normalized spacial score (nSPS) is 27.2. The Bertz CT molecular complexity index is 680. The Kier molecular flexibility index (Phi) is 7.03. The van der Waals surface area contributed by atoms with Gasteiger partial charge >= 0.3 is 156 Å². The molecule has 1 radical (unpaired) electrons. The van der Waals surface area contributed by atoms with Gasteiger partial charge in [-0.05, 0) is 0 Å². The summed E-state index contributed by atoms with van der Waals surface area (Å²) in [6.07, 6.45) is -2.74. The molecule has 1 aliphatic rings. The van der Waals surface area contributed by atoms with E-state index in [0.29, 0.717) is 15.8 Å². The predicted molar refractivity (Wildman–Crippen MR) is 79.8 cm³/mol. The van der Waals surface area contributed by atoms with Crippen molar-refractivity contribution in [3.05, 3.63) is 6.33 Å². The minimum absolute atomic E-state index is 0.0553. The van der Waals surface area contributed by atoms with E-state index in [-0.39, 0.29) is 5.95 Å². The molecule has 0 aliphatic carbocycles. The van der Waals surface area contributed by atoms with Crippen LogP contribution >= 0.6 is 18.8 Å². The van der Waals surface area contributed by atoms with E-state index in [9.17, 15) is 10.2 Å². The SMILES string of the molecule is Nc1nc([Se])c2ncn([C@@H]3O[C@H](CO)[C@@H](O)[C@H]3O)c2n1.[Cl][Pt][Cl]. The van der Waals surface area contributed by atoms with Gasteiger partial charge in [0.15, 0.2) is 0 Å². The number of halogens is 2. The van der Waals surface area contributed by atoms with Crippen molar-refractivity contribution >= 4 is 56.6 Å². The van der Waals surface area contributed by atoms with Crippen molar-refractivity contribution in [1.82, 2.24) is 19.5 Å². The zero-order chi connectivity index (χ0) is 17.1. The van der Waals surface area contributed by atoms with Crippen LogP contribution in [0.4, 0.5) is 5.95 Å². The number of nitrogen functional groups attached to an aromatic ring is 1. The van der Waals surface area contributed by atoms with Gasteiger partial charge < -0.3 is 0 Å². The van der Waals surface area contributed by atoms with E-state index >= 15 is 0 Å². The molecule has 13 heteroatoms. The Hall–Kier alpha value is -0.0222. The van der Waals surface area contributed by atoms with E-state index in [1.807, 2.05) is 0 Å². The first kappa shape index (κ1) is 19.3. The van der Waals surface area contributed by atoms with Gasteiger partial charge in [-0.25, -0.2) is 0 Å². The standard InChI is InChI=1S/C10H12N5O4Se.2ClH.Pt/c11-10-13-7-4(8(20)14-10)12-2-15(7)9-6(18)5(17)3(1-16)19-9;;;/h2-3,5-6,9,16-18H,1H2,(H2,11,13,14);2*1H;/q;;;+2/p-2/t3-,5-,6-,9-;;;/m1.../s1. The summed E-state index contributed by atoms with van der Waals surface area (Å²) in [4.78, 5) is 12.1. The topological polar surface area (TPSA) is 140 Å². The Morgan fingerprint density at radius 1 is 1.35 bits per heavy atom. The summed E-state index contributed by atoms with van der Waals surface area (Å²) in [6, 6.07) is 0. The molecule has 1 saturated heterocycles. The molecule has 4 atom stereocenters. The van der Waals surface area contributed by atoms with E-state index < -0.39 is 47.6 Å². The third-order valence-corrected chi connectivity index (χ3v) is 3.80. The number of aromatic nitrogens is 4. The van der Waals surface area contributed by atoms with Crippen LogP contribution in [0.3, 0.4) is 0 Å². The van der Waals surface area contributed by atoms with Crippen molar-refractivity contribution in [2.45, 2.75) is 24.5 Å². The van der Waals surface area contributed by atoms with Crippen LogP contribution in [0.1, 0.15) is 6.23 Å². The number of nitrogens with zero attached hydrogens (tertiary/aromatic N) is 4. The molecule has 0 bridgehead atoms. The number of hydrogen-bond acceptors (Lipinski definition) is 8. The first-order valence-electron chi connectivity index (χ1n) is 6.06. The molecule has 131 valence electrons. The van der Waals surface area contributed by atoms with Crippen LogP contribution in [-0.4, -0.2) is 75.8 Å². The molecule has 0 spiro atoms. The number of ether oxygens (including phenoxy) is 1. The average molecular weight is 611 g/mol. The molecule has 3 heterocycles. The molecular formula is C10H12Cl2N5O4PtSe. The van der Waals surface area contributed by atoms with Crippen molar-refractivity contribution < 1.29 is 36.5 Å². The van der Waals surface area contributed by atoms with Gasteiger partial charge in [0.05, 0.1) is 0 Å². The molecule has 2 aromatic heterocycles. The fourth-order valence-electron chi connectivity index (χ4n) is 2.20. The Labute approximate surface area is 155 Å². The van der Waals surface area contributed by atoms with Crippen molar-refractivity contribution in [3.63, 3.8) is 0 Å². The monoisotopic (exact) mass is 611 g/mol. The van der Waals surface area contributed by atoms with Gasteiger partial charge in [-0.2, -0.15) is 0 Å². The van der Waals surface area contributed by atoms with Gasteiger partial charge in [0.2, 0.25) is 0 Å². The Morgan fingerprint density at radius 2 is 2.00 bits per heavy atom. The van der Waals surface area contributed by atoms with Gasteiger partial charge in [0.25, 0.3) is 0 Å². The fourth-order valence-corrected chi connectivity index (χ4v) is 2.70. The van der Waals surface area contributed by atoms with Crippen molar-refractivity contribution in [1.29, 1.82) is 0 Å². The van der Waals surface area contributed by atoms with Gasteiger partial charge in [-0.3, -0.25) is 0 Å². The average Bonchev–Trinajstić information content (AvgIpc) is 3.03. The minimum atomic E-state index is -1.20. The summed E-state index contributed by atoms with van der Waals surface area (Å²) in [5.74, 6) is 0.0553. The van der Waals surface area contributed by atoms with E-state index in [2.05, 4.69) is 31.0 Å². The molecular weight excluding hydrogens is 599 g/mol. The Balaban J connectivity index is 0.000000595. The second-order valence-electron chi connectivity index (χ2n) is 4.49. The molecule has 3 rings (SSSR count). The molecule has 5 N–H and O–H groups in total. The summed E-state index contributed by atoms with van der Waals surface area (Å²) < 4.78 is 7.37. The number of anilines is 1. The van der Waals surface area contributed by atoms with Crippen LogP contribution in [0.5, 0.6) is 0 Å². The van der Waals surface area contributed by atoms with Crippen LogP contribution in [0.25, 0.3) is 11.2 Å². The molecule has 0 saturated carbocycles. The summed E-state index contributed by atoms with van der Waals surface area (Å²) in [5, 5.41) is 28.9. The third kappa shape index (κ3) is 3.97. The van der Waals surface area contributed by atoms with Crippen LogP contribution in [0.2, 0.25) is 0 Å². The van der Waals surface area contributed by atoms with Crippen LogP contribution < -0.4 is 10.3 Å². The molecule has 0 unspecified atom stereocenters. The molecule has 23 heavy (non-hydrogen) atoms. The van der Waals surface area contributed by atoms with Crippen molar-refractivity contribution in [2.75, 3.05) is 12.3 Å². The molecule has 0 aromatic carbocycles. The van der Waals surface area contributed by atoms with Gasteiger partial charge in [0, 0.05) is 0 Å². The zero-order valence-corrected chi connectivity index (χ0v) is 16.7. The van der Waals surface area contributed by atoms with E-state index in [1.165, 1.54) is 10.9 Å². The number of rotatable bonds is 2. The third-order valence-electron chi connectivity index (χ3n) is 3.20. The first-order chi connectivity index (χ1) is 10.9. The number of imidazole rings is 1. The maximum absolute atomic E-state index is 10.0. The molecule has 2 aromatic rings. The summed E-state index contributed by atoms with van der Waals surface area (Å²) in [5.41, 5.74) is 6.45. The van der Waals surface area contributed by atoms with Crippen molar-refractivity contribution in [2.24, 2.45) is 0 Å².